The highest BCUT2D eigenvalue weighted by Gasteiger charge is 2.42. The second kappa shape index (κ2) is 9.36. The van der Waals surface area contributed by atoms with Crippen LogP contribution in [0.4, 0.5) is 18.9 Å². The number of alkyl halides is 3. The number of nitrogens with one attached hydrogen (secondary N) is 1. The van der Waals surface area contributed by atoms with Crippen molar-refractivity contribution in [3.63, 3.8) is 0 Å². The molecular formula is C24H17F3N2O5. The highest BCUT2D eigenvalue weighted by Crippen LogP contribution is 2.34. The van der Waals surface area contributed by atoms with Gasteiger partial charge in [-0.05, 0) is 29.8 Å². The van der Waals surface area contributed by atoms with Crippen molar-refractivity contribution in [2.45, 2.75) is 19.0 Å². The van der Waals surface area contributed by atoms with Crippen LogP contribution in [0.3, 0.4) is 0 Å². The Bertz CT molecular complexity index is 1200. The maximum atomic E-state index is 13.1. The molecular weight excluding hydrogens is 453 g/mol. The van der Waals surface area contributed by atoms with Crippen molar-refractivity contribution in [2.24, 2.45) is 0 Å². The number of benzene rings is 3. The van der Waals surface area contributed by atoms with E-state index in [0.29, 0.717) is 0 Å². The Kier molecular flexibility index (Phi) is 6.33. The van der Waals surface area contributed by atoms with Gasteiger partial charge in [0.15, 0.2) is 6.23 Å². The van der Waals surface area contributed by atoms with E-state index in [0.717, 1.165) is 10.5 Å². The molecule has 2 amide bonds. The molecule has 0 aliphatic carbocycles. The number of carbonyl (C=O) groups excluding carboxylic acids is 3. The van der Waals surface area contributed by atoms with E-state index in [2.05, 4.69) is 4.84 Å². The van der Waals surface area contributed by atoms with Crippen LogP contribution in [0.25, 0.3) is 0 Å². The Morgan fingerprint density at radius 3 is 2.12 bits per heavy atom. The van der Waals surface area contributed by atoms with Crippen LogP contribution in [0.2, 0.25) is 0 Å². The van der Waals surface area contributed by atoms with Gasteiger partial charge in [0.05, 0.1) is 23.4 Å². The molecule has 0 radical (unpaired) electrons. The minimum Gasteiger partial charge on any atom is -0.349 e. The summed E-state index contributed by atoms with van der Waals surface area (Å²) in [4.78, 5) is 42.1. The number of amides is 2. The Hall–Kier alpha value is -4.18. The largest absolute Gasteiger partial charge is 0.493 e. The topological polar surface area (TPSA) is 84.9 Å². The van der Waals surface area contributed by atoms with E-state index in [9.17, 15) is 27.6 Å². The molecule has 0 saturated heterocycles. The van der Waals surface area contributed by atoms with Crippen LogP contribution in [0.1, 0.15) is 38.1 Å². The molecule has 10 heteroatoms. The summed E-state index contributed by atoms with van der Waals surface area (Å²) in [5, 5.41) is 0. The van der Waals surface area contributed by atoms with Gasteiger partial charge in [-0.3, -0.25) is 9.59 Å². The second-order valence-corrected chi connectivity index (χ2v) is 7.29. The van der Waals surface area contributed by atoms with E-state index in [1.807, 2.05) is 11.5 Å². The van der Waals surface area contributed by atoms with Gasteiger partial charge in [0, 0.05) is 5.56 Å². The summed E-state index contributed by atoms with van der Waals surface area (Å²) in [5.74, 6) is -3.56. The standard InChI is InChI=1S/C24H17F3N2O5/c25-24(26,27)23(32)34-28-17-10-6-9-16(13-17)22(33-14-15-7-2-1-3-8-15)29-20(30)18-11-4-5-12-19(18)21(29)31/h1-13,22,28H,14H2. The van der Waals surface area contributed by atoms with E-state index in [1.165, 1.54) is 36.4 Å². The van der Waals surface area contributed by atoms with Crippen molar-refractivity contribution in [3.05, 3.63) is 101 Å². The lowest BCUT2D eigenvalue weighted by Gasteiger charge is -2.27. The summed E-state index contributed by atoms with van der Waals surface area (Å²) < 4.78 is 43.2. The molecule has 3 aromatic rings. The number of halogens is 3. The Labute approximate surface area is 191 Å². The molecule has 1 atom stereocenters. The lowest BCUT2D eigenvalue weighted by atomic mass is 10.1. The molecule has 34 heavy (non-hydrogen) atoms. The van der Waals surface area contributed by atoms with Crippen molar-refractivity contribution >= 4 is 23.5 Å². The quantitative estimate of drug-likeness (QED) is 0.400. The SMILES string of the molecule is O=C1c2ccccc2C(=O)N1C(OCc1ccccc1)c1cccc(NOC(=O)C(F)(F)F)c1. The summed E-state index contributed by atoms with van der Waals surface area (Å²) in [6.07, 6.45) is -6.38. The normalized spacial score (nSPS) is 14.0. The summed E-state index contributed by atoms with van der Waals surface area (Å²) in [6.45, 7) is 0.0413. The monoisotopic (exact) mass is 470 g/mol. The van der Waals surface area contributed by atoms with Gasteiger partial charge >= 0.3 is 12.1 Å². The van der Waals surface area contributed by atoms with Crippen molar-refractivity contribution < 1.29 is 37.1 Å². The Balaban J connectivity index is 1.63. The highest BCUT2D eigenvalue weighted by molar-refractivity contribution is 6.21. The molecule has 1 aliphatic heterocycles. The van der Waals surface area contributed by atoms with Crippen LogP contribution in [-0.4, -0.2) is 28.9 Å². The summed E-state index contributed by atoms with van der Waals surface area (Å²) in [6, 6.07) is 21.0. The first kappa shape index (κ1) is 23.0. The van der Waals surface area contributed by atoms with Crippen LogP contribution in [0, 0.1) is 0 Å². The first-order chi connectivity index (χ1) is 16.3. The maximum absolute atomic E-state index is 13.1. The third-order valence-corrected chi connectivity index (χ3v) is 4.98. The van der Waals surface area contributed by atoms with Gasteiger partial charge in [-0.25, -0.2) is 15.2 Å². The number of carbonyl (C=O) groups is 3. The summed E-state index contributed by atoms with van der Waals surface area (Å²) >= 11 is 0. The number of anilines is 1. The molecule has 0 aromatic heterocycles. The van der Waals surface area contributed by atoms with Crippen LogP contribution in [0.5, 0.6) is 0 Å². The maximum Gasteiger partial charge on any atom is 0.493 e. The molecule has 0 bridgehead atoms. The predicted octanol–water partition coefficient (Wildman–Crippen LogP) is 4.63. The molecule has 1 heterocycles. The zero-order valence-corrected chi connectivity index (χ0v) is 17.4. The smallest absolute Gasteiger partial charge is 0.349 e. The van der Waals surface area contributed by atoms with Crippen LogP contribution < -0.4 is 5.48 Å². The number of rotatable bonds is 7. The fraction of sp³-hybridized carbons (Fsp3) is 0.125. The van der Waals surface area contributed by atoms with E-state index >= 15 is 0 Å². The Morgan fingerprint density at radius 1 is 0.882 bits per heavy atom. The van der Waals surface area contributed by atoms with Crippen LogP contribution >= 0.6 is 0 Å². The van der Waals surface area contributed by atoms with Crippen molar-refractivity contribution in [2.75, 3.05) is 5.48 Å². The van der Waals surface area contributed by atoms with Gasteiger partial charge < -0.3 is 9.57 Å². The molecule has 0 fully saturated rings. The Morgan fingerprint density at radius 2 is 1.50 bits per heavy atom. The molecule has 0 spiro atoms. The number of nitrogens with zero attached hydrogens (tertiary/aromatic N) is 1. The van der Waals surface area contributed by atoms with E-state index in [4.69, 9.17) is 4.74 Å². The molecule has 4 rings (SSSR count). The van der Waals surface area contributed by atoms with E-state index in [1.54, 1.807) is 36.4 Å². The third kappa shape index (κ3) is 4.76. The molecule has 7 nitrogen and oxygen atoms in total. The fourth-order valence-corrected chi connectivity index (χ4v) is 3.41. The summed E-state index contributed by atoms with van der Waals surface area (Å²) in [5.41, 5.74) is 3.41. The van der Waals surface area contributed by atoms with Crippen molar-refractivity contribution in [3.8, 4) is 0 Å². The van der Waals surface area contributed by atoms with Crippen LogP contribution in [-0.2, 0) is 21.0 Å². The summed E-state index contributed by atoms with van der Waals surface area (Å²) in [7, 11) is 0. The highest BCUT2D eigenvalue weighted by atomic mass is 19.4. The zero-order chi connectivity index (χ0) is 24.3. The van der Waals surface area contributed by atoms with E-state index in [-0.39, 0.29) is 29.0 Å². The van der Waals surface area contributed by atoms with Gasteiger partial charge in [0.2, 0.25) is 0 Å². The average Bonchev–Trinajstić information content (AvgIpc) is 3.08. The minimum atomic E-state index is -5.17. The second-order valence-electron chi connectivity index (χ2n) is 7.29. The zero-order valence-electron chi connectivity index (χ0n) is 17.4. The van der Waals surface area contributed by atoms with Gasteiger partial charge in [-0.15, -0.1) is 0 Å². The predicted molar refractivity (Wildman–Crippen MR) is 113 cm³/mol. The van der Waals surface area contributed by atoms with Gasteiger partial charge in [0.1, 0.15) is 0 Å². The molecule has 1 unspecified atom stereocenters. The molecule has 0 saturated carbocycles. The van der Waals surface area contributed by atoms with Gasteiger partial charge in [-0.1, -0.05) is 54.6 Å². The van der Waals surface area contributed by atoms with Gasteiger partial charge in [0.25, 0.3) is 11.8 Å². The fourth-order valence-electron chi connectivity index (χ4n) is 3.41. The number of hydrogen-bond donors (Lipinski definition) is 1. The lowest BCUT2D eigenvalue weighted by molar-refractivity contribution is -0.196. The first-order valence-corrected chi connectivity index (χ1v) is 10.0. The molecule has 174 valence electrons. The van der Waals surface area contributed by atoms with Crippen LogP contribution in [0.15, 0.2) is 78.9 Å². The van der Waals surface area contributed by atoms with Gasteiger partial charge in [-0.2, -0.15) is 13.2 Å². The molecule has 1 aliphatic rings. The minimum absolute atomic E-state index is 0.0139. The number of fused-ring (bicyclic) bond motifs is 1. The first-order valence-electron chi connectivity index (χ1n) is 10.0. The molecule has 3 aromatic carbocycles. The third-order valence-electron chi connectivity index (χ3n) is 4.98. The number of ether oxygens (including phenoxy) is 1. The van der Waals surface area contributed by atoms with E-state index < -0.39 is 30.2 Å². The lowest BCUT2D eigenvalue weighted by Crippen LogP contribution is -2.35. The van der Waals surface area contributed by atoms with Crippen molar-refractivity contribution in [1.82, 2.24) is 4.90 Å². The van der Waals surface area contributed by atoms with Crippen molar-refractivity contribution in [1.29, 1.82) is 0 Å². The molecule has 1 N–H and O–H groups in total. The average molecular weight is 470 g/mol. The number of hydrogen-bond acceptors (Lipinski definition) is 6. The number of imide groups is 1.